The Kier molecular flexibility index (Phi) is 50.5. The molecule has 0 nitrogen and oxygen atoms in total. The van der Waals surface area contributed by atoms with E-state index in [9.17, 15) is 0 Å². The number of rotatable bonds is 12. The van der Waals surface area contributed by atoms with Crippen LogP contribution >= 0.6 is 15.8 Å². The maximum Gasteiger partial charge on any atom is 2.00 e. The van der Waals surface area contributed by atoms with Gasteiger partial charge in [0.2, 0.25) is 0 Å². The first-order valence-electron chi connectivity index (χ1n) is 9.14. The topological polar surface area (TPSA) is 0 Å². The number of halogens is 2. The van der Waals surface area contributed by atoms with Gasteiger partial charge in [0.05, 0.1) is 0 Å². The summed E-state index contributed by atoms with van der Waals surface area (Å²) in [7, 11) is 0.878. The van der Waals surface area contributed by atoms with Gasteiger partial charge in [-0.1, -0.05) is 80.1 Å². The second kappa shape index (κ2) is 32.0. The fourth-order valence-corrected chi connectivity index (χ4v) is 7.70. The Labute approximate surface area is 182 Å². The predicted molar refractivity (Wildman–Crippen MR) is 105 cm³/mol. The Bertz CT molecular complexity index is 129. The molecule has 0 aromatic rings. The van der Waals surface area contributed by atoms with Gasteiger partial charge >= 0.3 is 25.8 Å². The molecule has 0 aromatic heterocycles. The third kappa shape index (κ3) is 29.3. The molecule has 0 amide bonds. The molecule has 0 aromatic carbocycles. The first-order chi connectivity index (χ1) is 9.69. The molecule has 0 heterocycles. The van der Waals surface area contributed by atoms with E-state index in [-0.39, 0.29) is 50.7 Å². The zero-order valence-electron chi connectivity index (χ0n) is 16.6. The monoisotopic (exact) mass is 570 g/mol. The Morgan fingerprint density at radius 3 is 0.609 bits per heavy atom. The van der Waals surface area contributed by atoms with Crippen LogP contribution in [0.4, 0.5) is 0 Å². The summed E-state index contributed by atoms with van der Waals surface area (Å²) in [4.78, 5) is 0. The van der Waals surface area contributed by atoms with Crippen molar-refractivity contribution in [1.82, 2.24) is 0 Å². The van der Waals surface area contributed by atoms with Crippen LogP contribution in [-0.4, -0.2) is 37.0 Å². The van der Waals surface area contributed by atoms with E-state index in [2.05, 4.69) is 41.5 Å². The van der Waals surface area contributed by atoms with Gasteiger partial charge in [0, 0.05) is 0 Å². The molecule has 0 aliphatic carbocycles. The second-order valence-corrected chi connectivity index (χ2v) is 11.0. The van der Waals surface area contributed by atoms with Crippen LogP contribution in [0.15, 0.2) is 0 Å². The first-order valence-corrected chi connectivity index (χ1v) is 12.9. The SMILES string of the molecule is CCCP(CCC)CCC.CCCP(CCC)CCC.[Cl-].[Cl-].[Hf+2]. The Hall–Kier alpha value is 2.31. The minimum Gasteiger partial charge on any atom is -1.00 e. The van der Waals surface area contributed by atoms with Crippen LogP contribution in [0, 0.1) is 0 Å². The quantitative estimate of drug-likeness (QED) is 0.246. The number of hydrogen-bond donors (Lipinski definition) is 0. The smallest absolute Gasteiger partial charge is 1.00 e. The van der Waals surface area contributed by atoms with Crippen LogP contribution in [0.1, 0.15) is 80.1 Å². The minimum absolute atomic E-state index is 0. The van der Waals surface area contributed by atoms with Crippen LogP contribution in [0.3, 0.4) is 0 Å². The molecule has 0 aliphatic rings. The van der Waals surface area contributed by atoms with Gasteiger partial charge in [0.25, 0.3) is 0 Å². The van der Waals surface area contributed by atoms with Crippen LogP contribution in [-0.2, 0) is 25.8 Å². The van der Waals surface area contributed by atoms with Crippen molar-refractivity contribution in [1.29, 1.82) is 0 Å². The maximum atomic E-state index is 2.31. The molecule has 0 atom stereocenters. The average molecular weight is 570 g/mol. The van der Waals surface area contributed by atoms with E-state index >= 15 is 0 Å². The fraction of sp³-hybridized carbons (Fsp3) is 1.00. The summed E-state index contributed by atoms with van der Waals surface area (Å²) in [6.45, 7) is 13.8. The van der Waals surface area contributed by atoms with Crippen molar-refractivity contribution in [2.45, 2.75) is 80.1 Å². The molecule has 0 fully saturated rings. The third-order valence-corrected chi connectivity index (χ3v) is 9.72. The third-order valence-electron chi connectivity index (χ3n) is 3.24. The van der Waals surface area contributed by atoms with E-state index in [1.54, 1.807) is 0 Å². The van der Waals surface area contributed by atoms with E-state index in [4.69, 9.17) is 0 Å². The summed E-state index contributed by atoms with van der Waals surface area (Å²) < 4.78 is 0. The molecule has 0 spiro atoms. The van der Waals surface area contributed by atoms with E-state index in [0.29, 0.717) is 15.8 Å². The molecule has 0 saturated carbocycles. The van der Waals surface area contributed by atoms with Gasteiger partial charge < -0.3 is 24.8 Å². The summed E-state index contributed by atoms with van der Waals surface area (Å²) in [5.41, 5.74) is 0. The standard InChI is InChI=1S/2C9H21P.2ClH.Hf/c2*1-4-7-10(8-5-2)9-6-3;;;/h2*4-9H2,1-3H3;2*1H;/q;;;;+2/p-2. The molecule has 0 N–H and O–H groups in total. The van der Waals surface area contributed by atoms with E-state index in [1.165, 1.54) is 75.5 Å². The summed E-state index contributed by atoms with van der Waals surface area (Å²) in [6, 6.07) is 0. The van der Waals surface area contributed by atoms with Crippen molar-refractivity contribution in [2.75, 3.05) is 37.0 Å². The molecule has 142 valence electrons. The zero-order chi connectivity index (χ0) is 15.6. The molecule has 0 rings (SSSR count). The molecule has 0 bridgehead atoms. The molecule has 0 unspecified atom stereocenters. The van der Waals surface area contributed by atoms with Crippen molar-refractivity contribution >= 4 is 15.8 Å². The van der Waals surface area contributed by atoms with Crippen LogP contribution in [0.25, 0.3) is 0 Å². The normalized spacial score (nSPS) is 9.39. The van der Waals surface area contributed by atoms with E-state index < -0.39 is 0 Å². The van der Waals surface area contributed by atoms with Gasteiger partial charge in [-0.05, 0) is 37.0 Å². The van der Waals surface area contributed by atoms with Crippen LogP contribution in [0.5, 0.6) is 0 Å². The Balaban J connectivity index is -0.0000000831. The van der Waals surface area contributed by atoms with Gasteiger partial charge in [-0.2, -0.15) is 0 Å². The predicted octanol–water partition coefficient (Wildman–Crippen LogP) is 1.40. The zero-order valence-corrected chi connectivity index (χ0v) is 23.5. The van der Waals surface area contributed by atoms with Crippen molar-refractivity contribution in [3.8, 4) is 0 Å². The van der Waals surface area contributed by atoms with Gasteiger partial charge in [0.15, 0.2) is 0 Å². The minimum atomic E-state index is 0. The van der Waals surface area contributed by atoms with Crippen LogP contribution in [0.2, 0.25) is 0 Å². The first kappa shape index (κ1) is 36.3. The molecule has 23 heavy (non-hydrogen) atoms. The van der Waals surface area contributed by atoms with Gasteiger partial charge in [-0.15, -0.1) is 15.8 Å². The maximum absolute atomic E-state index is 2.31. The molecule has 0 saturated heterocycles. The van der Waals surface area contributed by atoms with Crippen molar-refractivity contribution in [2.24, 2.45) is 0 Å². The van der Waals surface area contributed by atoms with Gasteiger partial charge in [-0.25, -0.2) is 0 Å². The second-order valence-electron chi connectivity index (χ2n) is 5.68. The molecular weight excluding hydrogens is 528 g/mol. The molecule has 0 aliphatic heterocycles. The summed E-state index contributed by atoms with van der Waals surface area (Å²) in [6.07, 6.45) is 17.4. The van der Waals surface area contributed by atoms with Crippen molar-refractivity contribution in [3.05, 3.63) is 0 Å². The Morgan fingerprint density at radius 1 is 0.391 bits per heavy atom. The summed E-state index contributed by atoms with van der Waals surface area (Å²) in [5.74, 6) is 0. The van der Waals surface area contributed by atoms with Crippen molar-refractivity contribution in [3.63, 3.8) is 0 Å². The van der Waals surface area contributed by atoms with Gasteiger partial charge in [-0.3, -0.25) is 0 Å². The van der Waals surface area contributed by atoms with E-state index in [0.717, 1.165) is 0 Å². The van der Waals surface area contributed by atoms with Crippen LogP contribution < -0.4 is 24.8 Å². The van der Waals surface area contributed by atoms with Gasteiger partial charge in [0.1, 0.15) is 0 Å². The summed E-state index contributed by atoms with van der Waals surface area (Å²) >= 11 is 0. The van der Waals surface area contributed by atoms with Crippen molar-refractivity contribution < 1.29 is 50.7 Å². The summed E-state index contributed by atoms with van der Waals surface area (Å²) in [5, 5.41) is 0. The van der Waals surface area contributed by atoms with E-state index in [1.807, 2.05) is 0 Å². The fourth-order valence-electron chi connectivity index (χ4n) is 2.57. The molecule has 0 radical (unpaired) electrons. The molecular formula is C18H42Cl2HfP2. The Morgan fingerprint density at radius 2 is 0.522 bits per heavy atom. The largest absolute Gasteiger partial charge is 2.00 e. The molecule has 5 heteroatoms. The number of hydrogen-bond acceptors (Lipinski definition) is 0. The average Bonchev–Trinajstić information content (AvgIpc) is 2.41.